The van der Waals surface area contributed by atoms with Crippen LogP contribution in [0.15, 0.2) is 30.3 Å². The number of hydrogen-bond donors (Lipinski definition) is 1. The number of para-hydroxylation sites is 2. The summed E-state index contributed by atoms with van der Waals surface area (Å²) >= 11 is 0. The number of amides is 2. The summed E-state index contributed by atoms with van der Waals surface area (Å²) in [4.78, 5) is 19.5. The van der Waals surface area contributed by atoms with Crippen LogP contribution in [-0.4, -0.2) is 45.2 Å². The Morgan fingerprint density at radius 1 is 1.11 bits per heavy atom. The van der Waals surface area contributed by atoms with Gasteiger partial charge in [-0.25, -0.2) is 0 Å². The number of urea groups is 1. The van der Waals surface area contributed by atoms with Crippen LogP contribution in [0.25, 0.3) is 5.32 Å². The third kappa shape index (κ3) is 7.03. The Labute approximate surface area is 184 Å². The Morgan fingerprint density at radius 3 is 2.21 bits per heavy atom. The third-order valence-corrected chi connectivity index (χ3v) is 3.67. The van der Waals surface area contributed by atoms with Crippen LogP contribution < -0.4 is 52.7 Å². The van der Waals surface area contributed by atoms with Crippen LogP contribution >= 0.6 is 0 Å². The Hall–Kier alpha value is -2.28. The number of benzene rings is 1. The van der Waals surface area contributed by atoms with E-state index in [0.29, 0.717) is 6.61 Å². The summed E-state index contributed by atoms with van der Waals surface area (Å²) in [5.74, 6) is -0.0699. The molecule has 0 saturated heterocycles. The summed E-state index contributed by atoms with van der Waals surface area (Å²) < 4.78 is 45.7. The molecule has 0 unspecified atom stereocenters. The Bertz CT molecular complexity index is 889. The van der Waals surface area contributed by atoms with Crippen molar-refractivity contribution in [1.29, 1.82) is 0 Å². The maximum atomic E-state index is 12.0. The molecule has 0 bridgehead atoms. The monoisotopic (exact) mass is 420 g/mol. The van der Waals surface area contributed by atoms with Crippen molar-refractivity contribution in [2.24, 2.45) is 0 Å². The number of rotatable bonds is 8. The molecule has 0 fully saturated rings. The van der Waals surface area contributed by atoms with Gasteiger partial charge in [-0.3, -0.25) is 24.8 Å². The zero-order valence-electron chi connectivity index (χ0n) is 15.7. The number of nitrogens with one attached hydrogen (secondary N) is 1. The van der Waals surface area contributed by atoms with Gasteiger partial charge in [0.1, 0.15) is 0 Å². The second-order valence-corrected chi connectivity index (χ2v) is 5.97. The van der Waals surface area contributed by atoms with E-state index in [9.17, 15) is 13.2 Å². The molecule has 1 N–H and O–H groups in total. The first-order valence-corrected chi connectivity index (χ1v) is 8.94. The largest absolute Gasteiger partial charge is 1.00 e. The molecule has 1 aromatic heterocycles. The maximum absolute atomic E-state index is 12.0. The number of nitrogens with zero attached hydrogens (tertiary/aromatic N) is 3. The molecule has 2 rings (SSSR count). The summed E-state index contributed by atoms with van der Waals surface area (Å²) in [6.45, 7) is 2.03. The normalized spacial score (nSPS) is 10.2. The van der Waals surface area contributed by atoms with Gasteiger partial charge in [-0.1, -0.05) is 12.1 Å². The average Bonchev–Trinajstić information content (AvgIpc) is 2.62. The molecular formula is C15H17N4NaO7S. The van der Waals surface area contributed by atoms with Crippen LogP contribution in [-0.2, 0) is 10.3 Å². The van der Waals surface area contributed by atoms with Crippen LogP contribution in [0.4, 0.5) is 10.7 Å². The molecule has 13 heteroatoms. The molecule has 2 amide bonds. The Balaban J connectivity index is 0.00000392. The fourth-order valence-electron chi connectivity index (χ4n) is 1.80. The summed E-state index contributed by atoms with van der Waals surface area (Å²) in [6, 6.07) is 6.20. The molecule has 0 aliphatic carbocycles. The molecule has 146 valence electrons. The molecule has 1 heterocycles. The Kier molecular flexibility index (Phi) is 9.25. The minimum Gasteiger partial charge on any atom is -0.490 e. The summed E-state index contributed by atoms with van der Waals surface area (Å²) in [6.07, 6.45) is 0. The van der Waals surface area contributed by atoms with Gasteiger partial charge in [0.05, 0.1) is 26.8 Å². The van der Waals surface area contributed by atoms with Crippen molar-refractivity contribution < 1.29 is 61.2 Å². The predicted molar refractivity (Wildman–Crippen MR) is 93.8 cm³/mol. The van der Waals surface area contributed by atoms with Crippen molar-refractivity contribution >= 4 is 22.3 Å². The van der Waals surface area contributed by atoms with Crippen LogP contribution in [0.2, 0.25) is 0 Å². The van der Waals surface area contributed by atoms with Gasteiger partial charge in [0.25, 0.3) is 6.03 Å². The van der Waals surface area contributed by atoms with E-state index in [1.54, 1.807) is 23.8 Å². The van der Waals surface area contributed by atoms with Gasteiger partial charge in [0.15, 0.2) is 23.3 Å². The van der Waals surface area contributed by atoms with Crippen molar-refractivity contribution in [2.75, 3.05) is 20.8 Å². The number of ether oxygens (including phenoxy) is 3. The smallest absolute Gasteiger partial charge is 0.490 e. The fourth-order valence-corrected chi connectivity index (χ4v) is 2.48. The van der Waals surface area contributed by atoms with Crippen molar-refractivity contribution in [2.45, 2.75) is 6.92 Å². The van der Waals surface area contributed by atoms with E-state index in [1.807, 2.05) is 0 Å². The molecule has 0 aliphatic rings. The number of methoxy groups -OCH3 is 2. The molecule has 0 saturated carbocycles. The number of carbonyl (C=O) groups excluding carboxylic acids is 1. The number of carbonyl (C=O) groups is 1. The summed E-state index contributed by atoms with van der Waals surface area (Å²) in [5.41, 5.74) is 0. The van der Waals surface area contributed by atoms with E-state index in [1.165, 1.54) is 32.4 Å². The molecular weight excluding hydrogens is 403 g/mol. The van der Waals surface area contributed by atoms with Gasteiger partial charge in [0, 0.05) is 6.07 Å². The van der Waals surface area contributed by atoms with E-state index in [4.69, 9.17) is 18.4 Å². The molecule has 11 nitrogen and oxygen atoms in total. The van der Waals surface area contributed by atoms with Crippen LogP contribution in [0.1, 0.15) is 6.92 Å². The van der Waals surface area contributed by atoms with E-state index in [-0.39, 0.29) is 58.8 Å². The summed E-state index contributed by atoms with van der Waals surface area (Å²) in [7, 11) is -1.82. The van der Waals surface area contributed by atoms with Crippen LogP contribution in [0.3, 0.4) is 0 Å². The van der Waals surface area contributed by atoms with Crippen LogP contribution in [0, 0.1) is 0 Å². The van der Waals surface area contributed by atoms with E-state index < -0.39 is 16.3 Å². The van der Waals surface area contributed by atoms with Gasteiger partial charge in [-0.15, -0.1) is 0 Å². The molecule has 0 aliphatic heterocycles. The van der Waals surface area contributed by atoms with E-state index in [2.05, 4.69) is 15.3 Å². The molecule has 28 heavy (non-hydrogen) atoms. The standard InChI is InChI=1S/C15H18N4O7S.Na/c1-4-25-10-7-5-6-8-11(10)26-27(21,22)19-15(20)18-14-16-12(23-2)9-13(17-14)24-3;/h5-9H,4H2,1-3H3,(H2,16,17,18,19,20);/q;+1/p-1. The topological polar surface area (TPSA) is 140 Å². The minimum absolute atomic E-state index is 0. The second-order valence-electron chi connectivity index (χ2n) is 4.69. The third-order valence-electron chi connectivity index (χ3n) is 2.85. The van der Waals surface area contributed by atoms with Crippen molar-refractivity contribution in [3.05, 3.63) is 35.6 Å². The SMILES string of the molecule is CCOc1ccccc1OS(=O)(=O)NC(=O)[N-]c1nc(OC)cc(OC)n1.[Na+]. The quantitative estimate of drug-likeness (QED) is 0.529. The van der Waals surface area contributed by atoms with E-state index in [0.717, 1.165) is 0 Å². The van der Waals surface area contributed by atoms with Gasteiger partial charge in [-0.05, 0) is 19.1 Å². The van der Waals surface area contributed by atoms with Crippen molar-refractivity contribution in [3.8, 4) is 23.3 Å². The predicted octanol–water partition coefficient (Wildman–Crippen LogP) is -1.06. The van der Waals surface area contributed by atoms with E-state index >= 15 is 0 Å². The fraction of sp³-hybridized carbons (Fsp3) is 0.267. The first-order chi connectivity index (χ1) is 12.9. The summed E-state index contributed by atoms with van der Waals surface area (Å²) in [5, 5.41) is 3.44. The average molecular weight is 420 g/mol. The molecule has 0 atom stereocenters. The van der Waals surface area contributed by atoms with Crippen LogP contribution in [0.5, 0.6) is 23.3 Å². The molecule has 0 radical (unpaired) electrons. The van der Waals surface area contributed by atoms with Gasteiger partial charge >= 0.3 is 39.9 Å². The maximum Gasteiger partial charge on any atom is 1.00 e. The van der Waals surface area contributed by atoms with Gasteiger partial charge < -0.3 is 18.4 Å². The first-order valence-electron chi connectivity index (χ1n) is 7.53. The number of aromatic nitrogens is 2. The van der Waals surface area contributed by atoms with Gasteiger partial charge in [0.2, 0.25) is 0 Å². The minimum atomic E-state index is -4.52. The first kappa shape index (κ1) is 23.8. The zero-order valence-corrected chi connectivity index (χ0v) is 18.5. The molecule has 2 aromatic rings. The Morgan fingerprint density at radius 2 is 1.68 bits per heavy atom. The molecule has 0 spiro atoms. The second kappa shape index (κ2) is 10.9. The zero-order chi connectivity index (χ0) is 19.9. The van der Waals surface area contributed by atoms with Gasteiger partial charge in [-0.2, -0.15) is 8.42 Å². The number of hydrogen-bond acceptors (Lipinski definition) is 9. The van der Waals surface area contributed by atoms with Crippen molar-refractivity contribution in [3.63, 3.8) is 0 Å². The van der Waals surface area contributed by atoms with Crippen molar-refractivity contribution in [1.82, 2.24) is 14.7 Å². The molecule has 1 aromatic carbocycles.